The largest absolute Gasteiger partial charge is 0.382 e. The standard InChI is InChI=1S/C15H22IN/c1-11-12(16)7-6-8-13(11)17-14-9-4-5-10-15(14,2)3/h6-8,14,17H,4-5,9-10H2,1-3H3. The average Bonchev–Trinajstić information content (AvgIpc) is 2.27. The van der Waals surface area contributed by atoms with E-state index >= 15 is 0 Å². The van der Waals surface area contributed by atoms with E-state index in [-0.39, 0.29) is 0 Å². The molecule has 1 fully saturated rings. The van der Waals surface area contributed by atoms with Crippen LogP contribution in [0.2, 0.25) is 0 Å². The van der Waals surface area contributed by atoms with E-state index in [0.29, 0.717) is 11.5 Å². The minimum atomic E-state index is 0.423. The summed E-state index contributed by atoms with van der Waals surface area (Å²) in [6, 6.07) is 7.15. The molecule has 1 aliphatic rings. The van der Waals surface area contributed by atoms with Gasteiger partial charge in [-0.25, -0.2) is 0 Å². The van der Waals surface area contributed by atoms with E-state index in [9.17, 15) is 0 Å². The van der Waals surface area contributed by atoms with Crippen LogP contribution in [0.3, 0.4) is 0 Å². The molecule has 0 aliphatic heterocycles. The summed E-state index contributed by atoms with van der Waals surface area (Å²) in [6.45, 7) is 7.00. The first-order chi connectivity index (χ1) is 8.00. The van der Waals surface area contributed by atoms with Crippen molar-refractivity contribution in [1.82, 2.24) is 0 Å². The van der Waals surface area contributed by atoms with Crippen LogP contribution < -0.4 is 5.32 Å². The zero-order valence-corrected chi connectivity index (χ0v) is 13.2. The van der Waals surface area contributed by atoms with E-state index in [1.807, 2.05) is 0 Å². The van der Waals surface area contributed by atoms with Crippen LogP contribution in [-0.2, 0) is 0 Å². The van der Waals surface area contributed by atoms with Crippen LogP contribution in [0.4, 0.5) is 5.69 Å². The maximum Gasteiger partial charge on any atom is 0.0382 e. The monoisotopic (exact) mass is 343 g/mol. The Labute approximate surface area is 119 Å². The van der Waals surface area contributed by atoms with Crippen molar-refractivity contribution in [3.05, 3.63) is 27.3 Å². The van der Waals surface area contributed by atoms with E-state index in [0.717, 1.165) is 0 Å². The normalized spacial score (nSPS) is 23.4. The van der Waals surface area contributed by atoms with Crippen LogP contribution in [0, 0.1) is 15.9 Å². The highest BCUT2D eigenvalue weighted by Gasteiger charge is 2.32. The quantitative estimate of drug-likeness (QED) is 0.747. The van der Waals surface area contributed by atoms with Crippen molar-refractivity contribution in [3.63, 3.8) is 0 Å². The summed E-state index contributed by atoms with van der Waals surface area (Å²) in [6.07, 6.45) is 5.39. The van der Waals surface area contributed by atoms with Gasteiger partial charge in [0.2, 0.25) is 0 Å². The summed E-state index contributed by atoms with van der Waals surface area (Å²) < 4.78 is 1.35. The zero-order chi connectivity index (χ0) is 12.5. The number of anilines is 1. The number of hydrogen-bond acceptors (Lipinski definition) is 1. The van der Waals surface area contributed by atoms with E-state index < -0.39 is 0 Å². The van der Waals surface area contributed by atoms with Crippen LogP contribution in [0.25, 0.3) is 0 Å². The van der Waals surface area contributed by atoms with Crippen molar-refractivity contribution < 1.29 is 0 Å². The first-order valence-electron chi connectivity index (χ1n) is 6.52. The SMILES string of the molecule is Cc1c(I)cccc1NC1CCCCC1(C)C. The summed E-state index contributed by atoms with van der Waals surface area (Å²) in [5.74, 6) is 0. The van der Waals surface area contributed by atoms with Gasteiger partial charge in [0.15, 0.2) is 0 Å². The summed E-state index contributed by atoms with van der Waals surface area (Å²) in [5.41, 5.74) is 3.12. The highest BCUT2D eigenvalue weighted by Crippen LogP contribution is 2.37. The highest BCUT2D eigenvalue weighted by molar-refractivity contribution is 14.1. The molecule has 1 aromatic carbocycles. The Morgan fingerprint density at radius 2 is 2.06 bits per heavy atom. The predicted octanol–water partition coefficient (Wildman–Crippen LogP) is 4.98. The number of hydrogen-bond donors (Lipinski definition) is 1. The lowest BCUT2D eigenvalue weighted by Gasteiger charge is -2.40. The fourth-order valence-corrected chi connectivity index (χ4v) is 3.21. The molecule has 0 bridgehead atoms. The highest BCUT2D eigenvalue weighted by atomic mass is 127. The molecule has 1 nitrogen and oxygen atoms in total. The second kappa shape index (κ2) is 5.17. The van der Waals surface area contributed by atoms with Gasteiger partial charge in [-0.05, 0) is 65.5 Å². The fourth-order valence-electron chi connectivity index (χ4n) is 2.71. The van der Waals surface area contributed by atoms with E-state index in [2.05, 4.69) is 66.9 Å². The molecule has 0 spiro atoms. The van der Waals surface area contributed by atoms with Gasteiger partial charge in [0.05, 0.1) is 0 Å². The summed E-state index contributed by atoms with van der Waals surface area (Å²) in [4.78, 5) is 0. The fraction of sp³-hybridized carbons (Fsp3) is 0.600. The Morgan fingerprint density at radius 1 is 1.29 bits per heavy atom. The predicted molar refractivity (Wildman–Crippen MR) is 83.6 cm³/mol. The van der Waals surface area contributed by atoms with E-state index in [4.69, 9.17) is 0 Å². The summed E-state index contributed by atoms with van der Waals surface area (Å²) in [5, 5.41) is 3.78. The number of rotatable bonds is 2. The van der Waals surface area contributed by atoms with Gasteiger partial charge in [-0.1, -0.05) is 32.8 Å². The Bertz CT molecular complexity index is 398. The van der Waals surface area contributed by atoms with Crippen LogP contribution in [0.1, 0.15) is 45.1 Å². The van der Waals surface area contributed by atoms with Gasteiger partial charge in [0.25, 0.3) is 0 Å². The van der Waals surface area contributed by atoms with Gasteiger partial charge >= 0.3 is 0 Å². The first-order valence-corrected chi connectivity index (χ1v) is 7.60. The molecule has 1 unspecified atom stereocenters. The van der Waals surface area contributed by atoms with Gasteiger partial charge in [-0.15, -0.1) is 0 Å². The molecule has 1 aliphatic carbocycles. The van der Waals surface area contributed by atoms with Crippen LogP contribution in [0.5, 0.6) is 0 Å². The summed E-state index contributed by atoms with van der Waals surface area (Å²) >= 11 is 2.41. The first kappa shape index (κ1) is 13.2. The molecule has 2 heteroatoms. The lowest BCUT2D eigenvalue weighted by molar-refractivity contribution is 0.217. The molecule has 1 saturated carbocycles. The molecule has 94 valence electrons. The van der Waals surface area contributed by atoms with E-state index in [1.54, 1.807) is 0 Å². The molecule has 1 N–H and O–H groups in total. The molecule has 0 radical (unpaired) electrons. The van der Waals surface area contributed by atoms with Crippen molar-refractivity contribution in [2.45, 2.75) is 52.5 Å². The van der Waals surface area contributed by atoms with Gasteiger partial charge in [-0.3, -0.25) is 0 Å². The molecule has 2 rings (SSSR count). The minimum Gasteiger partial charge on any atom is -0.382 e. The Balaban J connectivity index is 2.17. The Hall–Kier alpha value is -0.250. The van der Waals surface area contributed by atoms with Crippen molar-refractivity contribution in [1.29, 1.82) is 0 Å². The molecule has 1 aromatic rings. The van der Waals surface area contributed by atoms with Crippen molar-refractivity contribution in [2.75, 3.05) is 5.32 Å². The smallest absolute Gasteiger partial charge is 0.0382 e. The topological polar surface area (TPSA) is 12.0 Å². The van der Waals surface area contributed by atoms with Crippen molar-refractivity contribution in [2.24, 2.45) is 5.41 Å². The lowest BCUT2D eigenvalue weighted by atomic mass is 9.73. The van der Waals surface area contributed by atoms with Crippen molar-refractivity contribution >= 4 is 28.3 Å². The minimum absolute atomic E-state index is 0.423. The summed E-state index contributed by atoms with van der Waals surface area (Å²) in [7, 11) is 0. The lowest BCUT2D eigenvalue weighted by Crippen LogP contribution is -2.39. The van der Waals surface area contributed by atoms with Gasteiger partial charge in [0.1, 0.15) is 0 Å². The van der Waals surface area contributed by atoms with E-state index in [1.165, 1.54) is 40.5 Å². The number of nitrogens with one attached hydrogen (secondary N) is 1. The third-order valence-electron chi connectivity index (χ3n) is 4.10. The third-order valence-corrected chi connectivity index (χ3v) is 5.27. The average molecular weight is 343 g/mol. The van der Waals surface area contributed by atoms with Crippen LogP contribution in [0.15, 0.2) is 18.2 Å². The molecule has 0 saturated heterocycles. The molecule has 0 aromatic heterocycles. The maximum atomic E-state index is 3.78. The van der Waals surface area contributed by atoms with Crippen LogP contribution in [-0.4, -0.2) is 6.04 Å². The molecule has 0 heterocycles. The van der Waals surface area contributed by atoms with Gasteiger partial charge < -0.3 is 5.32 Å². The second-order valence-electron chi connectivity index (χ2n) is 5.84. The second-order valence-corrected chi connectivity index (χ2v) is 7.01. The van der Waals surface area contributed by atoms with Gasteiger partial charge in [-0.2, -0.15) is 0 Å². The third kappa shape index (κ3) is 2.95. The number of benzene rings is 1. The maximum absolute atomic E-state index is 3.78. The van der Waals surface area contributed by atoms with Gasteiger partial charge in [0, 0.05) is 15.3 Å². The van der Waals surface area contributed by atoms with Crippen LogP contribution >= 0.6 is 22.6 Å². The molecule has 17 heavy (non-hydrogen) atoms. The molecule has 1 atom stereocenters. The molecular formula is C15H22IN. The van der Waals surface area contributed by atoms with Crippen molar-refractivity contribution in [3.8, 4) is 0 Å². The Morgan fingerprint density at radius 3 is 2.76 bits per heavy atom. The molecule has 0 amide bonds. The molecular weight excluding hydrogens is 321 g/mol. The Kier molecular flexibility index (Phi) is 4.01. The number of halogens is 1. The zero-order valence-electron chi connectivity index (χ0n) is 11.0.